The first-order chi connectivity index (χ1) is 15.5. The summed E-state index contributed by atoms with van der Waals surface area (Å²) in [5.41, 5.74) is 3.27. The number of carbonyl (C=O) groups excluding carboxylic acids is 1. The first-order valence-electron chi connectivity index (χ1n) is 9.42. The van der Waals surface area contributed by atoms with Gasteiger partial charge in [0.25, 0.3) is 5.91 Å². The Kier molecular flexibility index (Phi) is 4.65. The Hall–Kier alpha value is -3.61. The highest BCUT2D eigenvalue weighted by atomic mass is 32.5. The van der Waals surface area contributed by atoms with Crippen LogP contribution in [0.2, 0.25) is 0 Å². The molecule has 5 nitrogen and oxygen atoms in total. The van der Waals surface area contributed by atoms with Crippen LogP contribution in [-0.4, -0.2) is 28.8 Å². The zero-order chi connectivity index (χ0) is 25.2. The molecule has 1 aliphatic heterocycles. The van der Waals surface area contributed by atoms with E-state index in [4.69, 9.17) is 5.73 Å². The minimum atomic E-state index is -9.97. The van der Waals surface area contributed by atoms with E-state index in [0.29, 0.717) is 12.1 Å². The van der Waals surface area contributed by atoms with Crippen molar-refractivity contribution in [3.8, 4) is 11.1 Å². The fourth-order valence-corrected chi connectivity index (χ4v) is 4.32. The SMILES string of the molecule is CN1C(=O)C(c2ccc(S(F)(F)(F)(F)F)cc2)(c2ccc(F)c(-c3cncc(F)c3)c2)N=C1N. The maximum atomic E-state index is 14.6. The number of hydrogen-bond donors (Lipinski definition) is 1. The zero-order valence-corrected chi connectivity index (χ0v) is 18.0. The number of carbonyl (C=O) groups is 1. The Bertz CT molecular complexity index is 1360. The van der Waals surface area contributed by atoms with E-state index in [0.717, 1.165) is 35.4 Å². The summed E-state index contributed by atoms with van der Waals surface area (Å²) in [5.74, 6) is -2.69. The summed E-state index contributed by atoms with van der Waals surface area (Å²) in [6.07, 6.45) is 2.06. The molecule has 1 unspecified atom stereocenters. The van der Waals surface area contributed by atoms with Gasteiger partial charge in [-0.2, -0.15) is 0 Å². The highest BCUT2D eigenvalue weighted by Crippen LogP contribution is 3.02. The molecule has 0 radical (unpaired) electrons. The lowest BCUT2D eigenvalue weighted by atomic mass is 9.81. The minimum absolute atomic E-state index is 0.0153. The van der Waals surface area contributed by atoms with Crippen LogP contribution in [0.5, 0.6) is 0 Å². The van der Waals surface area contributed by atoms with Crippen molar-refractivity contribution in [3.63, 3.8) is 0 Å². The number of nitrogens with zero attached hydrogens (tertiary/aromatic N) is 3. The lowest BCUT2D eigenvalue weighted by Gasteiger charge is -2.40. The van der Waals surface area contributed by atoms with Crippen molar-refractivity contribution in [2.75, 3.05) is 7.05 Å². The van der Waals surface area contributed by atoms with Crippen molar-refractivity contribution in [2.45, 2.75) is 10.4 Å². The summed E-state index contributed by atoms with van der Waals surface area (Å²) in [6.45, 7) is 0. The maximum absolute atomic E-state index is 14.6. The molecule has 0 saturated heterocycles. The van der Waals surface area contributed by atoms with Crippen LogP contribution in [0.1, 0.15) is 11.1 Å². The molecule has 2 aromatic carbocycles. The van der Waals surface area contributed by atoms with Crippen molar-refractivity contribution in [1.82, 2.24) is 9.88 Å². The summed E-state index contributed by atoms with van der Waals surface area (Å²) < 4.78 is 94.2. The summed E-state index contributed by atoms with van der Waals surface area (Å²) in [7, 11) is -8.72. The molecule has 1 atom stereocenters. The standard InChI is InChI=1S/C21H15F7N4OS/c1-32-19(33)21(31-20(32)29,13-2-5-16(6-3-13)34(24,25,26,27)28)14-4-7-18(23)17(9-14)12-8-15(22)11-30-10-12/h2-11H,1H3,(H2,29,31). The Morgan fingerprint density at radius 1 is 0.912 bits per heavy atom. The Balaban J connectivity index is 1.95. The third-order valence-corrected chi connectivity index (χ3v) is 6.52. The molecule has 0 fully saturated rings. The molecule has 0 spiro atoms. The number of halogens is 7. The summed E-state index contributed by atoms with van der Waals surface area (Å²) in [4.78, 5) is 19.8. The third-order valence-electron chi connectivity index (χ3n) is 5.36. The predicted molar refractivity (Wildman–Crippen MR) is 113 cm³/mol. The van der Waals surface area contributed by atoms with E-state index in [9.17, 15) is 33.0 Å². The van der Waals surface area contributed by atoms with Crippen molar-refractivity contribution in [1.29, 1.82) is 0 Å². The molecule has 180 valence electrons. The van der Waals surface area contributed by atoms with Gasteiger partial charge in [-0.25, -0.2) is 13.8 Å². The molecule has 3 aromatic rings. The van der Waals surface area contributed by atoms with E-state index in [1.807, 2.05) is 0 Å². The fourth-order valence-electron chi connectivity index (χ4n) is 3.67. The van der Waals surface area contributed by atoms with E-state index < -0.39 is 38.2 Å². The van der Waals surface area contributed by atoms with Crippen LogP contribution in [0.15, 0.2) is 70.8 Å². The molecule has 1 aromatic heterocycles. The second-order valence-electron chi connectivity index (χ2n) is 7.62. The lowest BCUT2D eigenvalue weighted by Crippen LogP contribution is -2.41. The van der Waals surface area contributed by atoms with Crippen LogP contribution in [0.4, 0.5) is 28.2 Å². The normalized spacial score (nSPS) is 20.6. The smallest absolute Gasteiger partial charge is 0.310 e. The monoisotopic (exact) mass is 504 g/mol. The van der Waals surface area contributed by atoms with Gasteiger partial charge in [0.2, 0.25) is 0 Å². The number of benzene rings is 2. The average Bonchev–Trinajstić information content (AvgIpc) is 2.97. The van der Waals surface area contributed by atoms with Crippen molar-refractivity contribution >= 4 is 22.1 Å². The molecule has 2 N–H and O–H groups in total. The zero-order valence-electron chi connectivity index (χ0n) is 17.2. The van der Waals surface area contributed by atoms with E-state index in [1.165, 1.54) is 13.2 Å². The summed E-state index contributed by atoms with van der Waals surface area (Å²) >= 11 is 0. The van der Waals surface area contributed by atoms with Gasteiger partial charge in [0.05, 0.1) is 6.20 Å². The molecule has 1 amide bonds. The number of aromatic nitrogens is 1. The van der Waals surface area contributed by atoms with Gasteiger partial charge in [-0.3, -0.25) is 14.7 Å². The molecule has 4 rings (SSSR count). The Morgan fingerprint density at radius 3 is 2.06 bits per heavy atom. The highest BCUT2D eigenvalue weighted by molar-refractivity contribution is 8.45. The van der Waals surface area contributed by atoms with Crippen LogP contribution in [0.3, 0.4) is 0 Å². The van der Waals surface area contributed by atoms with Gasteiger partial charge in [0, 0.05) is 24.4 Å². The number of rotatable bonds is 4. The van der Waals surface area contributed by atoms with Crippen LogP contribution in [0.25, 0.3) is 11.1 Å². The first-order valence-corrected chi connectivity index (χ1v) is 11.4. The number of nitrogens with two attached hydrogens (primary N) is 1. The molecule has 0 saturated carbocycles. The number of amides is 1. The van der Waals surface area contributed by atoms with Crippen molar-refractivity contribution in [2.24, 2.45) is 10.7 Å². The van der Waals surface area contributed by atoms with E-state index >= 15 is 0 Å². The van der Waals surface area contributed by atoms with Crippen LogP contribution in [-0.2, 0) is 10.3 Å². The molecule has 13 heteroatoms. The summed E-state index contributed by atoms with van der Waals surface area (Å²) in [5, 5.41) is 0. The van der Waals surface area contributed by atoms with E-state index in [1.54, 1.807) is 0 Å². The van der Waals surface area contributed by atoms with Crippen molar-refractivity contribution in [3.05, 3.63) is 83.7 Å². The third kappa shape index (κ3) is 3.85. The topological polar surface area (TPSA) is 71.6 Å². The molecule has 0 bridgehead atoms. The Labute approximate surface area is 188 Å². The maximum Gasteiger partial charge on any atom is 0.310 e. The Morgan fingerprint density at radius 2 is 1.53 bits per heavy atom. The molecular weight excluding hydrogens is 489 g/mol. The van der Waals surface area contributed by atoms with Gasteiger partial charge >= 0.3 is 10.2 Å². The van der Waals surface area contributed by atoms with Crippen LogP contribution < -0.4 is 5.73 Å². The van der Waals surface area contributed by atoms with Gasteiger partial charge in [-0.1, -0.05) is 37.6 Å². The second kappa shape index (κ2) is 6.72. The molecule has 2 heterocycles. The largest absolute Gasteiger partial charge is 0.369 e. The highest BCUT2D eigenvalue weighted by Gasteiger charge is 2.65. The lowest BCUT2D eigenvalue weighted by molar-refractivity contribution is -0.129. The number of guanidine groups is 1. The minimum Gasteiger partial charge on any atom is -0.369 e. The second-order valence-corrected chi connectivity index (χ2v) is 10.0. The van der Waals surface area contributed by atoms with Crippen LogP contribution in [0, 0.1) is 11.6 Å². The van der Waals surface area contributed by atoms with Gasteiger partial charge < -0.3 is 5.73 Å². The predicted octanol–water partition coefficient (Wildman–Crippen LogP) is 5.71. The number of hydrogen-bond acceptors (Lipinski definition) is 4. The van der Waals surface area contributed by atoms with Crippen molar-refractivity contribution < 1.29 is 33.0 Å². The van der Waals surface area contributed by atoms with Gasteiger partial charge in [0.15, 0.2) is 11.5 Å². The number of likely N-dealkylation sites (N-methyl/N-ethyl adjacent to an activating group) is 1. The summed E-state index contributed by atoms with van der Waals surface area (Å²) in [6, 6.07) is 5.93. The number of aliphatic imine (C=N–C) groups is 1. The average molecular weight is 504 g/mol. The fraction of sp³-hybridized carbons (Fsp3) is 0.0952. The van der Waals surface area contributed by atoms with Gasteiger partial charge in [0.1, 0.15) is 16.5 Å². The van der Waals surface area contributed by atoms with Gasteiger partial charge in [-0.15, -0.1) is 0 Å². The molecular formula is C21H15F7N4OS. The van der Waals surface area contributed by atoms with E-state index in [2.05, 4.69) is 9.98 Å². The molecule has 0 aliphatic carbocycles. The molecule has 34 heavy (non-hydrogen) atoms. The van der Waals surface area contributed by atoms with Gasteiger partial charge in [-0.05, 0) is 41.5 Å². The number of pyridine rings is 1. The van der Waals surface area contributed by atoms with Crippen LogP contribution >= 0.6 is 10.2 Å². The van der Waals surface area contributed by atoms with E-state index in [-0.39, 0.29) is 40.3 Å². The quantitative estimate of drug-likeness (QED) is 0.463. The molecule has 1 aliphatic rings. The first kappa shape index (κ1) is 23.5.